The molecular formula is C23H24N4O4S. The number of amidine groups is 1. The van der Waals surface area contributed by atoms with E-state index in [0.717, 1.165) is 18.5 Å². The number of para-hydroxylation sites is 2. The van der Waals surface area contributed by atoms with Gasteiger partial charge in [-0.3, -0.25) is 9.59 Å². The van der Waals surface area contributed by atoms with Crippen LogP contribution < -0.4 is 10.2 Å². The smallest absolute Gasteiger partial charge is 0.285 e. The molecule has 0 aromatic heterocycles. The molecule has 2 aromatic rings. The Hall–Kier alpha value is -3.20. The molecule has 1 unspecified atom stereocenters. The predicted molar refractivity (Wildman–Crippen MR) is 121 cm³/mol. The van der Waals surface area contributed by atoms with Crippen LogP contribution in [0.5, 0.6) is 0 Å². The Morgan fingerprint density at radius 3 is 2.62 bits per heavy atom. The van der Waals surface area contributed by atoms with Gasteiger partial charge in [0.2, 0.25) is 11.8 Å². The first-order valence-electron chi connectivity index (χ1n) is 10.8. The third-order valence-electron chi connectivity index (χ3n) is 6.23. The van der Waals surface area contributed by atoms with Crippen LogP contribution in [0.25, 0.3) is 0 Å². The maximum Gasteiger partial charge on any atom is 0.285 e. The third-order valence-corrected chi connectivity index (χ3v) is 7.56. The number of nitrogens with zero attached hydrogens (tertiary/aromatic N) is 3. The maximum absolute atomic E-state index is 13.2. The minimum absolute atomic E-state index is 0.0645. The second-order valence-electron chi connectivity index (χ2n) is 8.33. The lowest BCUT2D eigenvalue weighted by Crippen LogP contribution is -2.43. The molecule has 0 radical (unpaired) electrons. The summed E-state index contributed by atoms with van der Waals surface area (Å²) in [6.07, 6.45) is 2.79. The van der Waals surface area contributed by atoms with Crippen molar-refractivity contribution in [2.75, 3.05) is 29.9 Å². The number of piperidine rings is 1. The number of carbonyl (C=O) groups excluding carboxylic acids is 2. The molecule has 1 N–H and O–H groups in total. The zero-order valence-electron chi connectivity index (χ0n) is 17.5. The van der Waals surface area contributed by atoms with Crippen LogP contribution in [0.4, 0.5) is 11.4 Å². The molecular weight excluding hydrogens is 428 g/mol. The highest BCUT2D eigenvalue weighted by Gasteiger charge is 2.35. The van der Waals surface area contributed by atoms with E-state index >= 15 is 0 Å². The first-order chi connectivity index (χ1) is 15.4. The summed E-state index contributed by atoms with van der Waals surface area (Å²) in [5.41, 5.74) is 1.93. The number of nitrogens with one attached hydrogen (secondary N) is 1. The molecule has 0 saturated carbocycles. The van der Waals surface area contributed by atoms with Crippen molar-refractivity contribution in [2.45, 2.75) is 30.6 Å². The average Bonchev–Trinajstić information content (AvgIpc) is 3.35. The maximum atomic E-state index is 13.2. The Bertz CT molecular complexity index is 1220. The Morgan fingerprint density at radius 1 is 1.03 bits per heavy atom. The molecule has 0 bridgehead atoms. The van der Waals surface area contributed by atoms with E-state index in [-0.39, 0.29) is 22.6 Å². The minimum atomic E-state index is -3.70. The lowest BCUT2D eigenvalue weighted by Gasteiger charge is -2.33. The second-order valence-corrected chi connectivity index (χ2v) is 9.90. The normalized spacial score (nSPS) is 21.9. The van der Waals surface area contributed by atoms with E-state index < -0.39 is 10.0 Å². The molecule has 9 heteroatoms. The van der Waals surface area contributed by atoms with Gasteiger partial charge in [-0.1, -0.05) is 24.3 Å². The van der Waals surface area contributed by atoms with E-state index in [1.165, 1.54) is 0 Å². The van der Waals surface area contributed by atoms with Crippen molar-refractivity contribution in [3.8, 4) is 0 Å². The number of likely N-dealkylation sites (tertiary alicyclic amines) is 1. The summed E-state index contributed by atoms with van der Waals surface area (Å²) >= 11 is 0. The van der Waals surface area contributed by atoms with Gasteiger partial charge in [0.25, 0.3) is 10.0 Å². The standard InChI is InChI=1S/C23H24N4O4S/c28-21-12-6-14-27(21)19-10-3-2-9-18(19)24-23(29)16-7-5-13-26(15-16)22-17-8-1-4-11-20(17)32(30,31)25-22/h1-4,8-11,16H,5-7,12-15H2,(H,24,29). The molecule has 8 nitrogen and oxygen atoms in total. The van der Waals surface area contributed by atoms with Crippen molar-refractivity contribution in [2.24, 2.45) is 10.3 Å². The lowest BCUT2D eigenvalue weighted by atomic mass is 9.96. The zero-order chi connectivity index (χ0) is 22.3. The van der Waals surface area contributed by atoms with Crippen LogP contribution in [0.15, 0.2) is 57.8 Å². The van der Waals surface area contributed by atoms with E-state index in [1.54, 1.807) is 29.2 Å². The summed E-state index contributed by atoms with van der Waals surface area (Å²) in [6, 6.07) is 14.1. The number of sulfonamides is 1. The number of fused-ring (bicyclic) bond motifs is 1. The van der Waals surface area contributed by atoms with Gasteiger partial charge < -0.3 is 15.1 Å². The van der Waals surface area contributed by atoms with Crippen molar-refractivity contribution in [3.05, 3.63) is 54.1 Å². The Kier molecular flexibility index (Phi) is 5.21. The molecule has 3 aliphatic rings. The van der Waals surface area contributed by atoms with Gasteiger partial charge in [0, 0.05) is 31.6 Å². The molecule has 166 valence electrons. The molecule has 2 amide bonds. The Morgan fingerprint density at radius 2 is 1.81 bits per heavy atom. The quantitative estimate of drug-likeness (QED) is 0.772. The van der Waals surface area contributed by atoms with E-state index in [4.69, 9.17) is 0 Å². The number of hydrogen-bond donors (Lipinski definition) is 1. The monoisotopic (exact) mass is 452 g/mol. The van der Waals surface area contributed by atoms with Gasteiger partial charge in [-0.25, -0.2) is 0 Å². The number of amides is 2. The SMILES string of the molecule is O=C(Nc1ccccc1N1CCCC1=O)C1CCCN(C2=NS(=O)(=O)c3ccccc32)C1. The molecule has 5 rings (SSSR count). The summed E-state index contributed by atoms with van der Waals surface area (Å²) in [6.45, 7) is 1.68. The van der Waals surface area contributed by atoms with Gasteiger partial charge in [-0.05, 0) is 43.5 Å². The first-order valence-corrected chi connectivity index (χ1v) is 12.3. The van der Waals surface area contributed by atoms with Gasteiger partial charge in [0.15, 0.2) is 5.84 Å². The average molecular weight is 453 g/mol. The van der Waals surface area contributed by atoms with Gasteiger partial charge in [-0.15, -0.1) is 4.40 Å². The summed E-state index contributed by atoms with van der Waals surface area (Å²) in [7, 11) is -3.70. The van der Waals surface area contributed by atoms with Gasteiger partial charge in [0.1, 0.15) is 4.90 Å². The van der Waals surface area contributed by atoms with Crippen LogP contribution in [0.2, 0.25) is 0 Å². The fourth-order valence-electron chi connectivity index (χ4n) is 4.65. The molecule has 3 aliphatic heterocycles. The second kappa shape index (κ2) is 8.05. The molecule has 32 heavy (non-hydrogen) atoms. The van der Waals surface area contributed by atoms with E-state index in [2.05, 4.69) is 9.71 Å². The van der Waals surface area contributed by atoms with Crippen LogP contribution >= 0.6 is 0 Å². The fourth-order valence-corrected chi connectivity index (χ4v) is 5.88. The number of benzene rings is 2. The minimum Gasteiger partial charge on any atom is -0.355 e. The summed E-state index contributed by atoms with van der Waals surface area (Å²) in [5.74, 6) is 0.0311. The summed E-state index contributed by atoms with van der Waals surface area (Å²) in [5, 5.41) is 3.01. The predicted octanol–water partition coefficient (Wildman–Crippen LogP) is 2.61. The topological polar surface area (TPSA) is 99.2 Å². The number of carbonyl (C=O) groups is 2. The first kappa shape index (κ1) is 20.7. The van der Waals surface area contributed by atoms with Gasteiger partial charge >= 0.3 is 0 Å². The highest BCUT2D eigenvalue weighted by atomic mass is 32.2. The van der Waals surface area contributed by atoms with Crippen LogP contribution in [0.1, 0.15) is 31.2 Å². The molecule has 0 aliphatic carbocycles. The van der Waals surface area contributed by atoms with Crippen LogP contribution in [0, 0.1) is 5.92 Å². The lowest BCUT2D eigenvalue weighted by molar-refractivity contribution is -0.121. The molecule has 2 aromatic carbocycles. The fraction of sp³-hybridized carbons (Fsp3) is 0.348. The van der Waals surface area contributed by atoms with Crippen molar-refractivity contribution in [1.29, 1.82) is 0 Å². The highest BCUT2D eigenvalue weighted by molar-refractivity contribution is 7.90. The third kappa shape index (κ3) is 3.66. The van der Waals surface area contributed by atoms with Crippen molar-refractivity contribution in [1.82, 2.24) is 4.90 Å². The molecule has 1 atom stereocenters. The molecule has 3 heterocycles. The van der Waals surface area contributed by atoms with E-state index in [9.17, 15) is 18.0 Å². The van der Waals surface area contributed by atoms with E-state index in [1.807, 2.05) is 29.2 Å². The van der Waals surface area contributed by atoms with Gasteiger partial charge in [0.05, 0.1) is 17.3 Å². The zero-order valence-corrected chi connectivity index (χ0v) is 18.3. The van der Waals surface area contributed by atoms with Crippen molar-refractivity contribution in [3.63, 3.8) is 0 Å². The number of hydrogen-bond acceptors (Lipinski definition) is 5. The molecule has 2 saturated heterocycles. The molecule has 2 fully saturated rings. The number of anilines is 2. The Labute approximate surface area is 187 Å². The van der Waals surface area contributed by atoms with E-state index in [0.29, 0.717) is 49.6 Å². The highest BCUT2D eigenvalue weighted by Crippen LogP contribution is 2.32. The largest absolute Gasteiger partial charge is 0.355 e. The summed E-state index contributed by atoms with van der Waals surface area (Å²) < 4.78 is 28.9. The van der Waals surface area contributed by atoms with Crippen molar-refractivity contribution >= 4 is 39.0 Å². The van der Waals surface area contributed by atoms with Gasteiger partial charge in [-0.2, -0.15) is 8.42 Å². The summed E-state index contributed by atoms with van der Waals surface area (Å²) in [4.78, 5) is 29.2. The van der Waals surface area contributed by atoms with Crippen LogP contribution in [-0.2, 0) is 19.6 Å². The molecule has 0 spiro atoms. The Balaban J connectivity index is 1.34. The van der Waals surface area contributed by atoms with Crippen molar-refractivity contribution < 1.29 is 18.0 Å². The van der Waals surface area contributed by atoms with Crippen LogP contribution in [0.3, 0.4) is 0 Å². The van der Waals surface area contributed by atoms with Crippen LogP contribution in [-0.4, -0.2) is 50.6 Å². The number of rotatable bonds is 3.